The number of likely N-dealkylation sites (N-methyl/N-ethyl adjacent to an activating group) is 1. The molecule has 0 aliphatic heterocycles. The third-order valence-electron chi connectivity index (χ3n) is 3.40. The first kappa shape index (κ1) is 17.2. The number of amides is 1. The highest BCUT2D eigenvalue weighted by Gasteiger charge is 2.19. The number of furan rings is 1. The Morgan fingerprint density at radius 1 is 1.38 bits per heavy atom. The van der Waals surface area contributed by atoms with E-state index in [2.05, 4.69) is 10.1 Å². The average molecular weight is 296 g/mol. The van der Waals surface area contributed by atoms with Crippen LogP contribution in [0.2, 0.25) is 0 Å². The van der Waals surface area contributed by atoms with Gasteiger partial charge in [-0.05, 0) is 33.8 Å². The van der Waals surface area contributed by atoms with Crippen LogP contribution in [0.25, 0.3) is 0 Å². The van der Waals surface area contributed by atoms with Crippen molar-refractivity contribution in [3.8, 4) is 0 Å². The predicted octanol–water partition coefficient (Wildman–Crippen LogP) is 1.72. The minimum atomic E-state index is -0.422. The Balaban J connectivity index is 2.63. The summed E-state index contributed by atoms with van der Waals surface area (Å²) in [5, 5.41) is 3.11. The number of hydrogen-bond acceptors (Lipinski definition) is 5. The summed E-state index contributed by atoms with van der Waals surface area (Å²) in [5.41, 5.74) is 0.414. The number of carbonyl (C=O) groups is 2. The molecule has 0 spiro atoms. The van der Waals surface area contributed by atoms with Gasteiger partial charge in [0.2, 0.25) is 5.91 Å². The van der Waals surface area contributed by atoms with E-state index in [0.29, 0.717) is 36.7 Å². The van der Waals surface area contributed by atoms with Gasteiger partial charge in [-0.2, -0.15) is 0 Å². The quantitative estimate of drug-likeness (QED) is 0.776. The molecule has 1 atom stereocenters. The van der Waals surface area contributed by atoms with Crippen LogP contribution in [0.5, 0.6) is 0 Å². The lowest BCUT2D eigenvalue weighted by atomic mass is 10.2. The van der Waals surface area contributed by atoms with Crippen molar-refractivity contribution in [2.24, 2.45) is 0 Å². The summed E-state index contributed by atoms with van der Waals surface area (Å²) in [5.74, 6) is 0.750. The zero-order valence-corrected chi connectivity index (χ0v) is 13.4. The van der Waals surface area contributed by atoms with Crippen molar-refractivity contribution in [2.45, 2.75) is 40.3 Å². The number of rotatable bonds is 7. The second kappa shape index (κ2) is 7.83. The van der Waals surface area contributed by atoms with Crippen molar-refractivity contribution in [3.63, 3.8) is 0 Å². The predicted molar refractivity (Wildman–Crippen MR) is 79.0 cm³/mol. The number of esters is 1. The zero-order chi connectivity index (χ0) is 16.0. The second-order valence-electron chi connectivity index (χ2n) is 4.79. The first-order valence-corrected chi connectivity index (χ1v) is 7.14. The van der Waals surface area contributed by atoms with E-state index in [4.69, 9.17) is 4.42 Å². The Labute approximate surface area is 125 Å². The van der Waals surface area contributed by atoms with Gasteiger partial charge >= 0.3 is 5.97 Å². The Bertz CT molecular complexity index is 492. The van der Waals surface area contributed by atoms with Crippen LogP contribution in [-0.4, -0.2) is 43.0 Å². The fourth-order valence-electron chi connectivity index (χ4n) is 2.09. The van der Waals surface area contributed by atoms with Gasteiger partial charge in [0, 0.05) is 13.1 Å². The van der Waals surface area contributed by atoms with E-state index in [1.165, 1.54) is 7.11 Å². The number of methoxy groups -OCH3 is 1. The summed E-state index contributed by atoms with van der Waals surface area (Å²) < 4.78 is 10.2. The Morgan fingerprint density at radius 3 is 2.52 bits per heavy atom. The lowest BCUT2D eigenvalue weighted by molar-refractivity contribution is -0.132. The van der Waals surface area contributed by atoms with Gasteiger partial charge < -0.3 is 14.1 Å². The highest BCUT2D eigenvalue weighted by Crippen LogP contribution is 2.15. The van der Waals surface area contributed by atoms with Gasteiger partial charge in [-0.15, -0.1) is 0 Å². The lowest BCUT2D eigenvalue weighted by Gasteiger charge is -2.23. The highest BCUT2D eigenvalue weighted by atomic mass is 16.5. The van der Waals surface area contributed by atoms with Crippen molar-refractivity contribution in [1.82, 2.24) is 10.2 Å². The summed E-state index contributed by atoms with van der Waals surface area (Å²) in [7, 11) is 1.33. The molecule has 0 aliphatic rings. The molecule has 0 radical (unpaired) electrons. The minimum absolute atomic E-state index is 0.0523. The van der Waals surface area contributed by atoms with Crippen LogP contribution >= 0.6 is 0 Å². The Kier molecular flexibility index (Phi) is 6.42. The molecule has 6 heteroatoms. The van der Waals surface area contributed by atoms with Gasteiger partial charge in [-0.3, -0.25) is 10.1 Å². The van der Waals surface area contributed by atoms with E-state index in [9.17, 15) is 9.59 Å². The number of aryl methyl sites for hydroxylation is 1. The largest absolute Gasteiger partial charge is 0.465 e. The summed E-state index contributed by atoms with van der Waals surface area (Å²) >= 11 is 0. The van der Waals surface area contributed by atoms with Gasteiger partial charge in [-0.25, -0.2) is 4.79 Å². The molecule has 0 aliphatic carbocycles. The van der Waals surface area contributed by atoms with Gasteiger partial charge in [0.05, 0.1) is 19.7 Å². The number of nitrogens with one attached hydrogen (secondary N) is 1. The molecule has 118 valence electrons. The number of carbonyl (C=O) groups excluding carboxylic acids is 2. The lowest BCUT2D eigenvalue weighted by Crippen LogP contribution is -2.44. The standard InChI is InChI=1S/C15H24N2O4/c1-6-17(7-2)14(18)10(3)16-9-12-8-13(11(4)21-12)15(19)20-5/h8,10,16H,6-7,9H2,1-5H3. The van der Waals surface area contributed by atoms with Crippen LogP contribution in [0.15, 0.2) is 10.5 Å². The first-order chi connectivity index (χ1) is 9.94. The van der Waals surface area contributed by atoms with Crippen molar-refractivity contribution in [3.05, 3.63) is 23.2 Å². The second-order valence-corrected chi connectivity index (χ2v) is 4.79. The summed E-state index contributed by atoms with van der Waals surface area (Å²) in [6, 6.07) is 1.33. The van der Waals surface area contributed by atoms with Gasteiger partial charge in [0.15, 0.2) is 0 Å². The molecule has 0 aromatic carbocycles. The molecular weight excluding hydrogens is 272 g/mol. The summed E-state index contributed by atoms with van der Waals surface area (Å²) in [6.45, 7) is 9.19. The number of nitrogens with zero attached hydrogens (tertiary/aromatic N) is 1. The van der Waals surface area contributed by atoms with Crippen LogP contribution in [-0.2, 0) is 16.1 Å². The van der Waals surface area contributed by atoms with Crippen molar-refractivity contribution >= 4 is 11.9 Å². The molecule has 1 amide bonds. The fraction of sp³-hybridized carbons (Fsp3) is 0.600. The molecule has 0 saturated heterocycles. The highest BCUT2D eigenvalue weighted by molar-refractivity contribution is 5.90. The monoisotopic (exact) mass is 296 g/mol. The molecule has 1 unspecified atom stereocenters. The van der Waals surface area contributed by atoms with Crippen LogP contribution in [0.3, 0.4) is 0 Å². The van der Waals surface area contributed by atoms with E-state index in [-0.39, 0.29) is 11.9 Å². The zero-order valence-electron chi connectivity index (χ0n) is 13.4. The molecule has 0 saturated carbocycles. The van der Waals surface area contributed by atoms with E-state index in [1.807, 2.05) is 20.8 Å². The Hall–Kier alpha value is -1.82. The maximum Gasteiger partial charge on any atom is 0.341 e. The molecule has 21 heavy (non-hydrogen) atoms. The first-order valence-electron chi connectivity index (χ1n) is 7.14. The average Bonchev–Trinajstić information content (AvgIpc) is 2.86. The van der Waals surface area contributed by atoms with Crippen molar-refractivity contribution < 1.29 is 18.7 Å². The molecule has 6 nitrogen and oxygen atoms in total. The molecule has 1 aromatic heterocycles. The van der Waals surface area contributed by atoms with Crippen LogP contribution in [0, 0.1) is 6.92 Å². The molecule has 1 N–H and O–H groups in total. The molecule has 0 bridgehead atoms. The minimum Gasteiger partial charge on any atom is -0.465 e. The van der Waals surface area contributed by atoms with E-state index in [1.54, 1.807) is 17.9 Å². The van der Waals surface area contributed by atoms with Crippen LogP contribution in [0.4, 0.5) is 0 Å². The SMILES string of the molecule is CCN(CC)C(=O)C(C)NCc1cc(C(=O)OC)c(C)o1. The number of hydrogen-bond donors (Lipinski definition) is 1. The maximum atomic E-state index is 12.1. The van der Waals surface area contributed by atoms with E-state index in [0.717, 1.165) is 0 Å². The van der Waals surface area contributed by atoms with Crippen LogP contribution in [0.1, 0.15) is 42.6 Å². The number of ether oxygens (including phenoxy) is 1. The van der Waals surface area contributed by atoms with Crippen molar-refractivity contribution in [2.75, 3.05) is 20.2 Å². The van der Waals surface area contributed by atoms with Crippen LogP contribution < -0.4 is 5.32 Å². The molecule has 0 fully saturated rings. The van der Waals surface area contributed by atoms with E-state index >= 15 is 0 Å². The molecule has 1 heterocycles. The maximum absolute atomic E-state index is 12.1. The Morgan fingerprint density at radius 2 is 2.00 bits per heavy atom. The topological polar surface area (TPSA) is 71.8 Å². The molecule has 1 rings (SSSR count). The van der Waals surface area contributed by atoms with E-state index < -0.39 is 5.97 Å². The van der Waals surface area contributed by atoms with Crippen molar-refractivity contribution in [1.29, 1.82) is 0 Å². The summed E-state index contributed by atoms with van der Waals surface area (Å²) in [4.78, 5) is 25.4. The van der Waals surface area contributed by atoms with Gasteiger partial charge in [-0.1, -0.05) is 0 Å². The summed E-state index contributed by atoms with van der Waals surface area (Å²) in [6.07, 6.45) is 0. The van der Waals surface area contributed by atoms with Gasteiger partial charge in [0.25, 0.3) is 0 Å². The van der Waals surface area contributed by atoms with Gasteiger partial charge in [0.1, 0.15) is 17.1 Å². The smallest absolute Gasteiger partial charge is 0.341 e. The third-order valence-corrected chi connectivity index (χ3v) is 3.40. The normalized spacial score (nSPS) is 12.0. The molecule has 1 aromatic rings. The molecular formula is C15H24N2O4. The fourth-order valence-corrected chi connectivity index (χ4v) is 2.09. The third kappa shape index (κ3) is 4.32.